The van der Waals surface area contributed by atoms with E-state index in [-0.39, 0.29) is 12.3 Å². The summed E-state index contributed by atoms with van der Waals surface area (Å²) in [5, 5.41) is 20.4. The Kier molecular flexibility index (Phi) is 4.47. The van der Waals surface area contributed by atoms with Crippen LogP contribution in [0.3, 0.4) is 0 Å². The number of hydrogen-bond acceptors (Lipinski definition) is 4. The van der Waals surface area contributed by atoms with Crippen molar-refractivity contribution in [1.82, 2.24) is 5.32 Å². The van der Waals surface area contributed by atoms with Crippen molar-refractivity contribution in [3.05, 3.63) is 29.8 Å². The highest BCUT2D eigenvalue weighted by Gasteiger charge is 2.16. The second-order valence-corrected chi connectivity index (χ2v) is 3.55. The molecule has 1 aromatic rings. The van der Waals surface area contributed by atoms with Gasteiger partial charge in [0.1, 0.15) is 5.75 Å². The molecule has 1 amide bonds. The molecule has 0 saturated carbocycles. The van der Waals surface area contributed by atoms with E-state index in [0.29, 0.717) is 5.56 Å². The van der Waals surface area contributed by atoms with Gasteiger partial charge in [-0.3, -0.25) is 9.59 Å². The summed E-state index contributed by atoms with van der Waals surface area (Å²) in [5.74, 6) is -1.62. The van der Waals surface area contributed by atoms with Crippen LogP contribution in [0, 0.1) is 0 Å². The normalized spacial score (nSPS) is 11.8. The predicted octanol–water partition coefficient (Wildman–Crippen LogP) is -0.190. The fourth-order valence-electron chi connectivity index (χ4n) is 1.25. The van der Waals surface area contributed by atoms with E-state index in [9.17, 15) is 14.7 Å². The summed E-state index contributed by atoms with van der Waals surface area (Å²) in [7, 11) is 0. The largest absolute Gasteiger partial charge is 0.508 e. The first kappa shape index (κ1) is 13.0. The van der Waals surface area contributed by atoms with Gasteiger partial charge in [0, 0.05) is 12.1 Å². The van der Waals surface area contributed by atoms with Crippen molar-refractivity contribution in [3.8, 4) is 5.75 Å². The van der Waals surface area contributed by atoms with E-state index in [0.717, 1.165) is 0 Å². The highest BCUT2D eigenvalue weighted by atomic mass is 16.4. The number of carboxylic acid groups (broad SMARTS) is 1. The van der Waals surface area contributed by atoms with Crippen LogP contribution in [0.2, 0.25) is 0 Å². The third kappa shape index (κ3) is 4.12. The maximum absolute atomic E-state index is 11.4. The standard InChI is InChI=1S/C11H14N2O4/c12-8(5-10(15)16)11(17)13-6-7-3-1-2-4-9(7)14/h1-4,8,14H,5-6,12H2,(H,13,17)(H,15,16). The molecule has 0 heterocycles. The fraction of sp³-hybridized carbons (Fsp3) is 0.273. The summed E-state index contributed by atoms with van der Waals surface area (Å²) in [5.41, 5.74) is 5.91. The molecule has 0 fully saturated rings. The summed E-state index contributed by atoms with van der Waals surface area (Å²) < 4.78 is 0. The molecule has 0 spiro atoms. The maximum atomic E-state index is 11.4. The van der Waals surface area contributed by atoms with Gasteiger partial charge in [-0.25, -0.2) is 0 Å². The Labute approximate surface area is 98.1 Å². The van der Waals surface area contributed by atoms with Crippen LogP contribution in [0.25, 0.3) is 0 Å². The SMILES string of the molecule is NC(CC(=O)O)C(=O)NCc1ccccc1O. The van der Waals surface area contributed by atoms with E-state index in [1.807, 2.05) is 0 Å². The van der Waals surface area contributed by atoms with Gasteiger partial charge in [0.25, 0.3) is 0 Å². The lowest BCUT2D eigenvalue weighted by molar-refractivity contribution is -0.139. The number of carbonyl (C=O) groups is 2. The Bertz CT molecular complexity index is 420. The lowest BCUT2D eigenvalue weighted by Crippen LogP contribution is -2.41. The predicted molar refractivity (Wildman–Crippen MR) is 60.2 cm³/mol. The minimum Gasteiger partial charge on any atom is -0.508 e. The molecule has 0 aromatic heterocycles. The third-order valence-corrected chi connectivity index (χ3v) is 2.18. The molecular formula is C11H14N2O4. The number of phenolic OH excluding ortho intramolecular Hbond substituents is 1. The van der Waals surface area contributed by atoms with Gasteiger partial charge in [0.05, 0.1) is 12.5 Å². The van der Waals surface area contributed by atoms with Crippen LogP contribution >= 0.6 is 0 Å². The van der Waals surface area contributed by atoms with Crippen molar-refractivity contribution in [1.29, 1.82) is 0 Å². The van der Waals surface area contributed by atoms with Crippen molar-refractivity contribution in [3.63, 3.8) is 0 Å². The maximum Gasteiger partial charge on any atom is 0.305 e. The van der Waals surface area contributed by atoms with Crippen molar-refractivity contribution in [2.24, 2.45) is 5.73 Å². The molecule has 1 unspecified atom stereocenters. The number of amides is 1. The Balaban J connectivity index is 2.48. The van der Waals surface area contributed by atoms with Crippen LogP contribution in [0.5, 0.6) is 5.75 Å². The van der Waals surface area contributed by atoms with Crippen molar-refractivity contribution in [2.45, 2.75) is 19.0 Å². The minimum absolute atomic E-state index is 0.0691. The second-order valence-electron chi connectivity index (χ2n) is 3.55. The van der Waals surface area contributed by atoms with Gasteiger partial charge in [-0.15, -0.1) is 0 Å². The molecule has 1 aromatic carbocycles. The molecule has 0 bridgehead atoms. The number of rotatable bonds is 5. The topological polar surface area (TPSA) is 113 Å². The number of nitrogens with two attached hydrogens (primary N) is 1. The summed E-state index contributed by atoms with van der Waals surface area (Å²) in [4.78, 5) is 21.7. The first-order valence-corrected chi connectivity index (χ1v) is 5.02. The summed E-state index contributed by atoms with van der Waals surface area (Å²) in [6.45, 7) is 0.110. The Morgan fingerprint density at radius 1 is 1.35 bits per heavy atom. The molecule has 17 heavy (non-hydrogen) atoms. The average molecular weight is 238 g/mol. The van der Waals surface area contributed by atoms with Crippen LogP contribution < -0.4 is 11.1 Å². The molecule has 0 radical (unpaired) electrons. The fourth-order valence-corrected chi connectivity index (χ4v) is 1.25. The quantitative estimate of drug-likeness (QED) is 0.568. The third-order valence-electron chi connectivity index (χ3n) is 2.18. The van der Waals surface area contributed by atoms with Crippen molar-refractivity contribution < 1.29 is 19.8 Å². The lowest BCUT2D eigenvalue weighted by Gasteiger charge is -2.10. The van der Waals surface area contributed by atoms with Crippen molar-refractivity contribution in [2.75, 3.05) is 0 Å². The van der Waals surface area contributed by atoms with E-state index in [2.05, 4.69) is 5.32 Å². The first-order valence-electron chi connectivity index (χ1n) is 5.02. The Morgan fingerprint density at radius 3 is 2.59 bits per heavy atom. The number of aromatic hydroxyl groups is 1. The lowest BCUT2D eigenvalue weighted by atomic mass is 10.1. The van der Waals surface area contributed by atoms with Gasteiger partial charge in [-0.05, 0) is 6.07 Å². The zero-order valence-electron chi connectivity index (χ0n) is 9.09. The minimum atomic E-state index is -1.13. The number of para-hydroxylation sites is 1. The van der Waals surface area contributed by atoms with Crippen LogP contribution in [0.4, 0.5) is 0 Å². The molecule has 1 rings (SSSR count). The molecule has 5 N–H and O–H groups in total. The molecule has 92 valence electrons. The molecule has 6 nitrogen and oxygen atoms in total. The van der Waals surface area contributed by atoms with Crippen LogP contribution in [0.1, 0.15) is 12.0 Å². The molecule has 0 aliphatic rings. The molecule has 0 aliphatic heterocycles. The van der Waals surface area contributed by atoms with E-state index in [1.165, 1.54) is 6.07 Å². The summed E-state index contributed by atoms with van der Waals surface area (Å²) in [6, 6.07) is 5.45. The highest BCUT2D eigenvalue weighted by molar-refractivity contribution is 5.85. The van der Waals surface area contributed by atoms with E-state index in [4.69, 9.17) is 10.8 Å². The van der Waals surface area contributed by atoms with Gasteiger partial charge < -0.3 is 21.3 Å². The summed E-state index contributed by atoms with van der Waals surface area (Å²) in [6.07, 6.45) is -0.424. The van der Waals surface area contributed by atoms with E-state index < -0.39 is 24.3 Å². The Hall–Kier alpha value is -2.08. The number of benzene rings is 1. The number of phenols is 1. The van der Waals surface area contributed by atoms with Crippen molar-refractivity contribution >= 4 is 11.9 Å². The summed E-state index contributed by atoms with van der Waals surface area (Å²) >= 11 is 0. The first-order chi connectivity index (χ1) is 8.00. The molecule has 0 saturated heterocycles. The molecule has 6 heteroatoms. The smallest absolute Gasteiger partial charge is 0.305 e. The monoisotopic (exact) mass is 238 g/mol. The van der Waals surface area contributed by atoms with Crippen LogP contribution in [-0.4, -0.2) is 28.1 Å². The number of carboxylic acids is 1. The zero-order chi connectivity index (χ0) is 12.8. The average Bonchev–Trinajstić information content (AvgIpc) is 2.26. The zero-order valence-corrected chi connectivity index (χ0v) is 9.09. The second kappa shape index (κ2) is 5.86. The van der Waals surface area contributed by atoms with E-state index in [1.54, 1.807) is 18.2 Å². The van der Waals surface area contributed by atoms with Gasteiger partial charge in [-0.1, -0.05) is 18.2 Å². The van der Waals surface area contributed by atoms with Gasteiger partial charge in [0.2, 0.25) is 5.91 Å². The van der Waals surface area contributed by atoms with Gasteiger partial charge >= 0.3 is 5.97 Å². The molecule has 1 atom stereocenters. The number of nitrogens with one attached hydrogen (secondary N) is 1. The number of aliphatic carboxylic acids is 1. The molecular weight excluding hydrogens is 224 g/mol. The van der Waals surface area contributed by atoms with E-state index >= 15 is 0 Å². The highest BCUT2D eigenvalue weighted by Crippen LogP contribution is 2.14. The number of carbonyl (C=O) groups excluding carboxylic acids is 1. The van der Waals surface area contributed by atoms with Gasteiger partial charge in [0.15, 0.2) is 0 Å². The van der Waals surface area contributed by atoms with Gasteiger partial charge in [-0.2, -0.15) is 0 Å². The Morgan fingerprint density at radius 2 is 2.00 bits per heavy atom. The van der Waals surface area contributed by atoms with Crippen LogP contribution in [0.15, 0.2) is 24.3 Å². The van der Waals surface area contributed by atoms with Crippen LogP contribution in [-0.2, 0) is 16.1 Å². The number of hydrogen-bond donors (Lipinski definition) is 4. The molecule has 0 aliphatic carbocycles.